The van der Waals surface area contributed by atoms with Gasteiger partial charge in [0.1, 0.15) is 0 Å². The van der Waals surface area contributed by atoms with Crippen LogP contribution < -0.4 is 0 Å². The molecule has 0 saturated carbocycles. The number of nitro benzene ring substituents is 1. The molecule has 0 saturated heterocycles. The van der Waals surface area contributed by atoms with E-state index in [1.165, 1.54) is 18.2 Å². The van der Waals surface area contributed by atoms with E-state index in [1.807, 2.05) is 0 Å². The summed E-state index contributed by atoms with van der Waals surface area (Å²) in [6.07, 6.45) is 0. The molecule has 0 fully saturated rings. The van der Waals surface area contributed by atoms with Crippen LogP contribution in [-0.4, -0.2) is 31.7 Å². The molecule has 7 nitrogen and oxygen atoms in total. The number of rotatable bonds is 5. The zero-order valence-electron chi connectivity index (χ0n) is 9.53. The van der Waals surface area contributed by atoms with E-state index in [0.717, 1.165) is 6.07 Å². The van der Waals surface area contributed by atoms with Gasteiger partial charge < -0.3 is 4.74 Å². The van der Waals surface area contributed by atoms with Crippen molar-refractivity contribution in [2.24, 2.45) is 0 Å². The number of hydrogen-bond acceptors (Lipinski definition) is 6. The van der Waals surface area contributed by atoms with Crippen LogP contribution in [0.25, 0.3) is 0 Å². The summed E-state index contributed by atoms with van der Waals surface area (Å²) in [4.78, 5) is 20.7. The van der Waals surface area contributed by atoms with Crippen LogP contribution in [0.4, 0.5) is 5.69 Å². The third-order valence-corrected chi connectivity index (χ3v) is 3.59. The van der Waals surface area contributed by atoms with Crippen molar-refractivity contribution in [3.05, 3.63) is 34.4 Å². The van der Waals surface area contributed by atoms with E-state index in [1.54, 1.807) is 6.92 Å². The largest absolute Gasteiger partial charge is 0.465 e. The Kier molecular flexibility index (Phi) is 4.38. The average molecular weight is 273 g/mol. The van der Waals surface area contributed by atoms with E-state index >= 15 is 0 Å². The van der Waals surface area contributed by atoms with Gasteiger partial charge in [-0.05, 0) is 13.0 Å². The van der Waals surface area contributed by atoms with Crippen LogP contribution in [0.2, 0.25) is 0 Å². The fraction of sp³-hybridized carbons (Fsp3) is 0.300. The highest BCUT2D eigenvalue weighted by atomic mass is 32.2. The molecule has 0 unspecified atom stereocenters. The van der Waals surface area contributed by atoms with E-state index in [0.29, 0.717) is 0 Å². The lowest BCUT2D eigenvalue weighted by molar-refractivity contribution is -0.385. The van der Waals surface area contributed by atoms with Crippen molar-refractivity contribution in [1.29, 1.82) is 0 Å². The number of carbonyl (C=O) groups excluding carboxylic acids is 1. The zero-order chi connectivity index (χ0) is 13.8. The summed E-state index contributed by atoms with van der Waals surface area (Å²) in [5.74, 6) is -1.72. The third kappa shape index (κ3) is 3.52. The molecule has 18 heavy (non-hydrogen) atoms. The first-order chi connectivity index (χ1) is 8.36. The van der Waals surface area contributed by atoms with Crippen molar-refractivity contribution in [2.75, 3.05) is 12.4 Å². The minimum absolute atomic E-state index is 0.0727. The Bertz CT molecular complexity index is 565. The number of carbonyl (C=O) groups is 1. The normalized spacial score (nSPS) is 10.9. The summed E-state index contributed by atoms with van der Waals surface area (Å²) in [7, 11) is -3.92. The van der Waals surface area contributed by atoms with Crippen LogP contribution in [-0.2, 0) is 19.4 Å². The highest BCUT2D eigenvalue weighted by Gasteiger charge is 2.22. The van der Waals surface area contributed by atoms with Gasteiger partial charge in [-0.3, -0.25) is 14.9 Å². The number of nitrogens with zero attached hydrogens (tertiary/aromatic N) is 1. The first-order valence-corrected chi connectivity index (χ1v) is 6.65. The third-order valence-electron chi connectivity index (χ3n) is 2.00. The number of nitro groups is 1. The molecule has 0 atom stereocenters. The van der Waals surface area contributed by atoms with Gasteiger partial charge in [0.25, 0.3) is 5.69 Å². The maximum absolute atomic E-state index is 11.8. The molecule has 0 spiro atoms. The number of ether oxygens (including phenoxy) is 1. The summed E-state index contributed by atoms with van der Waals surface area (Å²) in [6, 6.07) is 4.52. The monoisotopic (exact) mass is 273 g/mol. The molecule has 0 aliphatic heterocycles. The van der Waals surface area contributed by atoms with Gasteiger partial charge in [-0.2, -0.15) is 0 Å². The van der Waals surface area contributed by atoms with E-state index in [2.05, 4.69) is 4.74 Å². The van der Waals surface area contributed by atoms with Gasteiger partial charge in [-0.15, -0.1) is 0 Å². The topological polar surface area (TPSA) is 104 Å². The van der Waals surface area contributed by atoms with Gasteiger partial charge >= 0.3 is 5.97 Å². The average Bonchev–Trinajstić information content (AvgIpc) is 2.28. The molecule has 8 heteroatoms. The maximum Gasteiger partial charge on any atom is 0.321 e. The zero-order valence-corrected chi connectivity index (χ0v) is 10.3. The van der Waals surface area contributed by atoms with Crippen molar-refractivity contribution in [3.8, 4) is 0 Å². The minimum atomic E-state index is -3.92. The molecule has 1 aromatic rings. The first kappa shape index (κ1) is 14.1. The van der Waals surface area contributed by atoms with Crippen molar-refractivity contribution < 1.29 is 22.9 Å². The smallest absolute Gasteiger partial charge is 0.321 e. The molecule has 0 aliphatic carbocycles. The van der Waals surface area contributed by atoms with Crippen molar-refractivity contribution in [3.63, 3.8) is 0 Å². The van der Waals surface area contributed by atoms with Gasteiger partial charge in [-0.25, -0.2) is 8.42 Å². The number of non-ortho nitro benzene ring substituents is 1. The standard InChI is InChI=1S/C10H11NO6S/c1-2-17-10(12)7-18(15,16)9-5-3-4-8(6-9)11(13)14/h3-6H,2,7H2,1H3. The SMILES string of the molecule is CCOC(=O)CS(=O)(=O)c1cccc([N+](=O)[O-])c1. The summed E-state index contributed by atoms with van der Waals surface area (Å²) in [5.41, 5.74) is -0.347. The molecular formula is C10H11NO6S. The molecule has 0 N–H and O–H groups in total. The Morgan fingerprint density at radius 2 is 2.11 bits per heavy atom. The molecule has 0 bridgehead atoms. The van der Waals surface area contributed by atoms with Crippen LogP contribution in [0.3, 0.4) is 0 Å². The summed E-state index contributed by atoms with van der Waals surface area (Å²) < 4.78 is 28.1. The predicted octanol–water partition coefficient (Wildman–Crippen LogP) is 0.932. The second-order valence-electron chi connectivity index (χ2n) is 3.32. The van der Waals surface area contributed by atoms with Crippen LogP contribution in [0, 0.1) is 10.1 Å². The van der Waals surface area contributed by atoms with Crippen LogP contribution in [0.1, 0.15) is 6.92 Å². The fourth-order valence-electron chi connectivity index (χ4n) is 1.23. The van der Waals surface area contributed by atoms with E-state index in [-0.39, 0.29) is 17.2 Å². The molecule has 0 aromatic heterocycles. The molecule has 1 rings (SSSR count). The number of hydrogen-bond donors (Lipinski definition) is 0. The van der Waals surface area contributed by atoms with Crippen LogP contribution in [0.15, 0.2) is 29.2 Å². The molecule has 0 heterocycles. The quantitative estimate of drug-likeness (QED) is 0.449. The lowest BCUT2D eigenvalue weighted by atomic mass is 10.3. The number of benzene rings is 1. The van der Waals surface area contributed by atoms with Gasteiger partial charge in [0.05, 0.1) is 16.4 Å². The lowest BCUT2D eigenvalue weighted by Crippen LogP contribution is -2.18. The van der Waals surface area contributed by atoms with E-state index in [4.69, 9.17) is 0 Å². The molecule has 0 radical (unpaired) electrons. The number of esters is 1. The molecule has 0 amide bonds. The highest BCUT2D eigenvalue weighted by molar-refractivity contribution is 7.92. The van der Waals surface area contributed by atoms with Crippen LogP contribution >= 0.6 is 0 Å². The lowest BCUT2D eigenvalue weighted by Gasteiger charge is -2.04. The maximum atomic E-state index is 11.8. The Morgan fingerprint density at radius 3 is 2.67 bits per heavy atom. The number of sulfone groups is 1. The molecule has 0 aliphatic rings. The first-order valence-electron chi connectivity index (χ1n) is 4.99. The summed E-state index contributed by atoms with van der Waals surface area (Å²) in [5, 5.41) is 10.5. The Labute approximate surface area is 103 Å². The Balaban J connectivity index is 3.02. The Morgan fingerprint density at radius 1 is 1.44 bits per heavy atom. The Hall–Kier alpha value is -1.96. The minimum Gasteiger partial charge on any atom is -0.465 e. The van der Waals surface area contributed by atoms with Gasteiger partial charge in [0.15, 0.2) is 15.6 Å². The summed E-state index contributed by atoms with van der Waals surface area (Å²) >= 11 is 0. The van der Waals surface area contributed by atoms with Gasteiger partial charge in [-0.1, -0.05) is 6.07 Å². The van der Waals surface area contributed by atoms with Crippen LogP contribution in [0.5, 0.6) is 0 Å². The highest BCUT2D eigenvalue weighted by Crippen LogP contribution is 2.18. The summed E-state index contributed by atoms with van der Waals surface area (Å²) in [6.45, 7) is 1.63. The second kappa shape index (κ2) is 5.58. The fourth-order valence-corrected chi connectivity index (χ4v) is 2.38. The van der Waals surface area contributed by atoms with Gasteiger partial charge in [0, 0.05) is 12.1 Å². The predicted molar refractivity (Wildman–Crippen MR) is 61.8 cm³/mol. The van der Waals surface area contributed by atoms with Gasteiger partial charge in [0.2, 0.25) is 0 Å². The molecular weight excluding hydrogens is 262 g/mol. The molecule has 1 aromatic carbocycles. The van der Waals surface area contributed by atoms with Crippen molar-refractivity contribution >= 4 is 21.5 Å². The van der Waals surface area contributed by atoms with Crippen molar-refractivity contribution in [1.82, 2.24) is 0 Å². The van der Waals surface area contributed by atoms with E-state index < -0.39 is 26.5 Å². The van der Waals surface area contributed by atoms with Crippen molar-refractivity contribution in [2.45, 2.75) is 11.8 Å². The second-order valence-corrected chi connectivity index (χ2v) is 5.31. The van der Waals surface area contributed by atoms with E-state index in [9.17, 15) is 23.3 Å². The molecule has 98 valence electrons.